The lowest BCUT2D eigenvalue weighted by Crippen LogP contribution is -2.20. The van der Waals surface area contributed by atoms with E-state index in [0.717, 1.165) is 10.8 Å². The maximum Gasteiger partial charge on any atom is 0.269 e. The van der Waals surface area contributed by atoms with E-state index in [1.165, 1.54) is 18.2 Å². The van der Waals surface area contributed by atoms with E-state index in [2.05, 4.69) is 11.9 Å². The highest BCUT2D eigenvalue weighted by Crippen LogP contribution is 2.26. The maximum atomic E-state index is 12.3. The zero-order chi connectivity index (χ0) is 19.2. The van der Waals surface area contributed by atoms with Gasteiger partial charge in [0.2, 0.25) is 0 Å². The Morgan fingerprint density at radius 3 is 2.70 bits per heavy atom. The summed E-state index contributed by atoms with van der Waals surface area (Å²) in [6, 6.07) is 17.7. The van der Waals surface area contributed by atoms with Gasteiger partial charge in [0.05, 0.1) is 4.92 Å². The highest BCUT2D eigenvalue weighted by atomic mass is 16.6. The molecule has 0 spiro atoms. The van der Waals surface area contributed by atoms with Gasteiger partial charge in [0, 0.05) is 28.8 Å². The summed E-state index contributed by atoms with van der Waals surface area (Å²) in [6.45, 7) is 3.44. The smallest absolute Gasteiger partial charge is 0.269 e. The molecule has 0 bridgehead atoms. The van der Waals surface area contributed by atoms with Crippen LogP contribution in [0.25, 0.3) is 10.8 Å². The van der Waals surface area contributed by atoms with Crippen LogP contribution < -0.4 is 10.1 Å². The zero-order valence-electron chi connectivity index (χ0n) is 14.6. The van der Waals surface area contributed by atoms with E-state index in [1.54, 1.807) is 6.08 Å². The quantitative estimate of drug-likeness (QED) is 0.381. The highest BCUT2D eigenvalue weighted by molar-refractivity contribution is 6.02. The van der Waals surface area contributed by atoms with Crippen LogP contribution in [0.4, 0.5) is 11.4 Å². The fourth-order valence-electron chi connectivity index (χ4n) is 2.80. The largest absolute Gasteiger partial charge is 0.483 e. The Labute approximate surface area is 156 Å². The fourth-order valence-corrected chi connectivity index (χ4v) is 2.80. The summed E-state index contributed by atoms with van der Waals surface area (Å²) in [5.41, 5.74) is 1.29. The molecule has 27 heavy (non-hydrogen) atoms. The number of nitrogens with zero attached hydrogens (tertiary/aromatic N) is 1. The number of amides is 1. The van der Waals surface area contributed by atoms with Crippen molar-refractivity contribution in [2.24, 2.45) is 0 Å². The SMILES string of the molecule is C=CCc1cc([N+](=O)[O-])ccc1OCC(=O)Nc1cccc2ccccc12. The summed E-state index contributed by atoms with van der Waals surface area (Å²) >= 11 is 0. The number of benzene rings is 3. The third kappa shape index (κ3) is 4.30. The summed E-state index contributed by atoms with van der Waals surface area (Å²) < 4.78 is 5.59. The van der Waals surface area contributed by atoms with Gasteiger partial charge in [0.15, 0.2) is 6.61 Å². The van der Waals surface area contributed by atoms with Crippen molar-refractivity contribution >= 4 is 28.1 Å². The first-order valence-corrected chi connectivity index (χ1v) is 8.37. The molecule has 0 unspecified atom stereocenters. The van der Waals surface area contributed by atoms with Gasteiger partial charge in [-0.3, -0.25) is 14.9 Å². The second-order valence-electron chi connectivity index (χ2n) is 5.91. The molecule has 3 aromatic rings. The topological polar surface area (TPSA) is 81.5 Å². The van der Waals surface area contributed by atoms with Crippen LogP contribution in [0, 0.1) is 10.1 Å². The molecule has 1 amide bonds. The standard InChI is InChI=1S/C21H18N2O4/c1-2-6-16-13-17(23(25)26)11-12-20(16)27-14-21(24)22-19-10-5-8-15-7-3-4-9-18(15)19/h2-5,7-13H,1,6,14H2,(H,22,24). The number of nitro benzene ring substituents is 1. The second kappa shape index (κ2) is 8.14. The van der Waals surface area contributed by atoms with Crippen LogP contribution in [-0.4, -0.2) is 17.4 Å². The molecule has 0 radical (unpaired) electrons. The molecule has 3 rings (SSSR count). The molecule has 6 heteroatoms. The lowest BCUT2D eigenvalue weighted by molar-refractivity contribution is -0.384. The summed E-state index contributed by atoms with van der Waals surface area (Å²) in [5.74, 6) is 0.114. The van der Waals surface area contributed by atoms with Gasteiger partial charge in [0.25, 0.3) is 11.6 Å². The number of carbonyl (C=O) groups excluding carboxylic acids is 1. The minimum absolute atomic E-state index is 0.0283. The van der Waals surface area contributed by atoms with Crippen LogP contribution >= 0.6 is 0 Å². The molecule has 0 saturated heterocycles. The lowest BCUT2D eigenvalue weighted by Gasteiger charge is -2.12. The normalized spacial score (nSPS) is 10.4. The van der Waals surface area contributed by atoms with E-state index in [-0.39, 0.29) is 18.2 Å². The van der Waals surface area contributed by atoms with Crippen LogP contribution in [0.5, 0.6) is 5.75 Å². The Kier molecular flexibility index (Phi) is 5.47. The zero-order valence-corrected chi connectivity index (χ0v) is 14.6. The molecule has 0 aromatic heterocycles. The Hall–Kier alpha value is -3.67. The van der Waals surface area contributed by atoms with Crippen molar-refractivity contribution in [2.75, 3.05) is 11.9 Å². The predicted molar refractivity (Wildman–Crippen MR) is 105 cm³/mol. The molecular weight excluding hydrogens is 344 g/mol. The van der Waals surface area contributed by atoms with Crippen molar-refractivity contribution in [2.45, 2.75) is 6.42 Å². The molecule has 1 N–H and O–H groups in total. The number of hydrogen-bond acceptors (Lipinski definition) is 4. The number of fused-ring (bicyclic) bond motifs is 1. The average molecular weight is 362 g/mol. The van der Waals surface area contributed by atoms with Crippen LogP contribution in [0.3, 0.4) is 0 Å². The maximum absolute atomic E-state index is 12.3. The van der Waals surface area contributed by atoms with Gasteiger partial charge in [-0.25, -0.2) is 0 Å². The molecular formula is C21H18N2O4. The Bertz CT molecular complexity index is 1010. The molecule has 0 aliphatic carbocycles. The number of allylic oxidation sites excluding steroid dienone is 1. The molecule has 3 aromatic carbocycles. The third-order valence-corrected chi connectivity index (χ3v) is 4.04. The number of nitro groups is 1. The number of carbonyl (C=O) groups is 1. The summed E-state index contributed by atoms with van der Waals surface area (Å²) in [5, 5.41) is 15.7. The summed E-state index contributed by atoms with van der Waals surface area (Å²) in [7, 11) is 0. The first-order valence-electron chi connectivity index (χ1n) is 8.37. The van der Waals surface area contributed by atoms with Crippen molar-refractivity contribution in [3.63, 3.8) is 0 Å². The summed E-state index contributed by atoms with van der Waals surface area (Å²) in [6.07, 6.45) is 2.03. The van der Waals surface area contributed by atoms with Crippen molar-refractivity contribution in [3.8, 4) is 5.75 Å². The Morgan fingerprint density at radius 2 is 1.93 bits per heavy atom. The molecule has 0 aliphatic heterocycles. The van der Waals surface area contributed by atoms with Crippen molar-refractivity contribution in [1.29, 1.82) is 0 Å². The van der Waals surface area contributed by atoms with E-state index >= 15 is 0 Å². The molecule has 0 atom stereocenters. The molecule has 0 heterocycles. The number of ether oxygens (including phenoxy) is 1. The Balaban J connectivity index is 1.72. The van der Waals surface area contributed by atoms with Crippen molar-refractivity contribution < 1.29 is 14.5 Å². The van der Waals surface area contributed by atoms with Crippen LogP contribution in [-0.2, 0) is 11.2 Å². The van der Waals surface area contributed by atoms with Crippen LogP contribution in [0.1, 0.15) is 5.56 Å². The molecule has 0 saturated carbocycles. The minimum atomic E-state index is -0.469. The number of nitrogens with one attached hydrogen (secondary N) is 1. The first-order chi connectivity index (χ1) is 13.1. The van der Waals surface area contributed by atoms with Gasteiger partial charge in [-0.15, -0.1) is 6.58 Å². The highest BCUT2D eigenvalue weighted by Gasteiger charge is 2.13. The predicted octanol–water partition coefficient (Wildman–Crippen LogP) is 4.49. The average Bonchev–Trinajstić information content (AvgIpc) is 2.67. The van der Waals surface area contributed by atoms with E-state index in [0.29, 0.717) is 23.4 Å². The number of anilines is 1. The second-order valence-corrected chi connectivity index (χ2v) is 5.91. The Morgan fingerprint density at radius 1 is 1.15 bits per heavy atom. The molecule has 0 fully saturated rings. The molecule has 0 aliphatic rings. The van der Waals surface area contributed by atoms with Crippen LogP contribution in [0.15, 0.2) is 73.3 Å². The number of rotatable bonds is 7. The number of non-ortho nitro benzene ring substituents is 1. The molecule has 6 nitrogen and oxygen atoms in total. The lowest BCUT2D eigenvalue weighted by atomic mass is 10.1. The summed E-state index contributed by atoms with van der Waals surface area (Å²) in [4.78, 5) is 22.8. The van der Waals surface area contributed by atoms with Crippen LogP contribution in [0.2, 0.25) is 0 Å². The van der Waals surface area contributed by atoms with Gasteiger partial charge >= 0.3 is 0 Å². The van der Waals surface area contributed by atoms with Gasteiger partial charge in [-0.2, -0.15) is 0 Å². The van der Waals surface area contributed by atoms with Crippen molar-refractivity contribution in [3.05, 3.63) is 89.0 Å². The number of hydrogen-bond donors (Lipinski definition) is 1. The van der Waals surface area contributed by atoms with E-state index < -0.39 is 4.92 Å². The van der Waals surface area contributed by atoms with Gasteiger partial charge in [-0.05, 0) is 23.9 Å². The van der Waals surface area contributed by atoms with E-state index in [4.69, 9.17) is 4.74 Å². The minimum Gasteiger partial charge on any atom is -0.483 e. The van der Waals surface area contributed by atoms with E-state index in [9.17, 15) is 14.9 Å². The fraction of sp³-hybridized carbons (Fsp3) is 0.0952. The third-order valence-electron chi connectivity index (χ3n) is 4.04. The van der Waals surface area contributed by atoms with E-state index in [1.807, 2.05) is 42.5 Å². The monoisotopic (exact) mass is 362 g/mol. The van der Waals surface area contributed by atoms with Crippen molar-refractivity contribution in [1.82, 2.24) is 0 Å². The van der Waals surface area contributed by atoms with Gasteiger partial charge in [0.1, 0.15) is 5.75 Å². The first kappa shape index (κ1) is 18.1. The van der Waals surface area contributed by atoms with Gasteiger partial charge < -0.3 is 10.1 Å². The van der Waals surface area contributed by atoms with Gasteiger partial charge in [-0.1, -0.05) is 42.5 Å². The molecule has 136 valence electrons.